The van der Waals surface area contributed by atoms with Crippen LogP contribution in [0.1, 0.15) is 41.5 Å². The lowest BCUT2D eigenvalue weighted by molar-refractivity contribution is -0.384. The van der Waals surface area contributed by atoms with Crippen LogP contribution >= 0.6 is 0 Å². The minimum absolute atomic E-state index is 0.0225. The maximum atomic E-state index is 13.5. The minimum Gasteiger partial charge on any atom is -0.504 e. The Bertz CT molecular complexity index is 1340. The van der Waals surface area contributed by atoms with Crippen molar-refractivity contribution < 1.29 is 29.4 Å². The van der Waals surface area contributed by atoms with Crippen molar-refractivity contribution in [2.45, 2.75) is 20.0 Å². The zero-order valence-corrected chi connectivity index (χ0v) is 19.5. The zero-order valence-electron chi connectivity index (χ0n) is 19.5. The summed E-state index contributed by atoms with van der Waals surface area (Å²) in [7, 11) is 0. The lowest BCUT2D eigenvalue weighted by atomic mass is 10.0. The van der Waals surface area contributed by atoms with E-state index in [1.807, 2.05) is 0 Å². The first-order valence-electron chi connectivity index (χ1n) is 11.2. The third kappa shape index (κ3) is 4.85. The molecular formula is C25H24N4O7. The van der Waals surface area contributed by atoms with Gasteiger partial charge in [0.2, 0.25) is 0 Å². The zero-order chi connectivity index (χ0) is 25.8. The average molecular weight is 492 g/mol. The molecule has 11 nitrogen and oxygen atoms in total. The van der Waals surface area contributed by atoms with E-state index in [1.165, 1.54) is 41.6 Å². The Balaban J connectivity index is 1.77. The van der Waals surface area contributed by atoms with E-state index in [0.717, 1.165) is 0 Å². The second-order valence-electron chi connectivity index (χ2n) is 7.75. The van der Waals surface area contributed by atoms with Crippen LogP contribution in [0.4, 0.5) is 11.4 Å². The van der Waals surface area contributed by atoms with Crippen molar-refractivity contribution in [1.29, 1.82) is 0 Å². The molecule has 4 rings (SSSR count). The summed E-state index contributed by atoms with van der Waals surface area (Å²) in [6.45, 7) is 4.23. The summed E-state index contributed by atoms with van der Waals surface area (Å²) in [5.41, 5.74) is 1.41. The normalized spacial score (nSPS) is 14.9. The number of carbonyl (C=O) groups is 1. The number of anilines is 1. The monoisotopic (exact) mass is 492 g/mol. The molecule has 0 unspecified atom stereocenters. The summed E-state index contributed by atoms with van der Waals surface area (Å²) in [5.74, 6) is -0.0849. The first-order chi connectivity index (χ1) is 17.3. The molecule has 0 radical (unpaired) electrons. The van der Waals surface area contributed by atoms with E-state index < -0.39 is 17.0 Å². The maximum absolute atomic E-state index is 13.5. The van der Waals surface area contributed by atoms with Crippen molar-refractivity contribution in [2.24, 2.45) is 5.10 Å². The highest BCUT2D eigenvalue weighted by molar-refractivity contribution is 6.02. The van der Waals surface area contributed by atoms with Crippen molar-refractivity contribution in [3.63, 3.8) is 0 Å². The first kappa shape index (κ1) is 24.3. The van der Waals surface area contributed by atoms with Gasteiger partial charge >= 0.3 is 0 Å². The molecule has 1 aliphatic rings. The smallest absolute Gasteiger partial charge is 0.278 e. The predicted molar refractivity (Wildman–Crippen MR) is 132 cm³/mol. The SMILES string of the molecule is CCOc1cc(C=NN2C(=O)c3ccc([N+](=O)[O-])cc3N[C@H]2c2ccc(O)c(OCC)c2)ccc1O. The number of hydrogen-bond donors (Lipinski definition) is 3. The van der Waals surface area contributed by atoms with Gasteiger partial charge in [0, 0.05) is 17.7 Å². The Hall–Kier alpha value is -4.80. The van der Waals surface area contributed by atoms with E-state index >= 15 is 0 Å². The number of hydrazone groups is 1. The number of nitrogens with one attached hydrogen (secondary N) is 1. The number of nitrogens with zero attached hydrogens (tertiary/aromatic N) is 3. The summed E-state index contributed by atoms with van der Waals surface area (Å²) in [6.07, 6.45) is 0.570. The number of carbonyl (C=O) groups excluding carboxylic acids is 1. The quantitative estimate of drug-likeness (QED) is 0.238. The minimum atomic E-state index is -0.869. The van der Waals surface area contributed by atoms with Gasteiger partial charge in [0.25, 0.3) is 11.6 Å². The lowest BCUT2D eigenvalue weighted by Gasteiger charge is -2.34. The van der Waals surface area contributed by atoms with Gasteiger partial charge in [0.1, 0.15) is 0 Å². The molecule has 1 atom stereocenters. The van der Waals surface area contributed by atoms with Gasteiger partial charge in [-0.25, -0.2) is 5.01 Å². The summed E-state index contributed by atoms with van der Waals surface area (Å²) in [6, 6.07) is 13.2. The van der Waals surface area contributed by atoms with E-state index in [-0.39, 0.29) is 39.9 Å². The number of benzene rings is 3. The summed E-state index contributed by atoms with van der Waals surface area (Å²) in [4.78, 5) is 24.2. The van der Waals surface area contributed by atoms with Gasteiger partial charge in [0.05, 0.1) is 35.6 Å². The molecule has 11 heteroatoms. The van der Waals surface area contributed by atoms with Crippen molar-refractivity contribution in [2.75, 3.05) is 18.5 Å². The van der Waals surface area contributed by atoms with Gasteiger partial charge < -0.3 is 25.0 Å². The van der Waals surface area contributed by atoms with Crippen LogP contribution in [0.2, 0.25) is 0 Å². The Kier molecular flexibility index (Phi) is 6.91. The number of aromatic hydroxyl groups is 2. The van der Waals surface area contributed by atoms with E-state index in [4.69, 9.17) is 9.47 Å². The van der Waals surface area contributed by atoms with Crippen molar-refractivity contribution in [3.05, 3.63) is 81.4 Å². The highest BCUT2D eigenvalue weighted by Gasteiger charge is 2.34. The van der Waals surface area contributed by atoms with Gasteiger partial charge in [-0.2, -0.15) is 5.10 Å². The molecular weight excluding hydrogens is 468 g/mol. The fourth-order valence-electron chi connectivity index (χ4n) is 3.73. The van der Waals surface area contributed by atoms with Gasteiger partial charge in [0.15, 0.2) is 29.2 Å². The van der Waals surface area contributed by atoms with Crippen LogP contribution in [-0.4, -0.2) is 45.5 Å². The van der Waals surface area contributed by atoms with Gasteiger partial charge in [-0.15, -0.1) is 0 Å². The van der Waals surface area contributed by atoms with E-state index in [2.05, 4.69) is 10.4 Å². The molecule has 3 N–H and O–H groups in total. The van der Waals surface area contributed by atoms with E-state index in [9.17, 15) is 25.1 Å². The van der Waals surface area contributed by atoms with Crippen LogP contribution in [-0.2, 0) is 0 Å². The number of phenols is 2. The lowest BCUT2D eigenvalue weighted by Crippen LogP contribution is -2.39. The number of rotatable bonds is 8. The fourth-order valence-corrected chi connectivity index (χ4v) is 3.73. The number of hydrogen-bond acceptors (Lipinski definition) is 9. The molecule has 36 heavy (non-hydrogen) atoms. The number of fused-ring (bicyclic) bond motifs is 1. The molecule has 0 saturated carbocycles. The van der Waals surface area contributed by atoms with Crippen LogP contribution in [0.15, 0.2) is 59.7 Å². The number of nitro benzene ring substituents is 1. The number of nitro groups is 1. The Morgan fingerprint density at radius 1 is 1.03 bits per heavy atom. The van der Waals surface area contributed by atoms with Crippen LogP contribution in [0.25, 0.3) is 0 Å². The topological polar surface area (TPSA) is 147 Å². The van der Waals surface area contributed by atoms with Gasteiger partial charge in [-0.1, -0.05) is 6.07 Å². The molecule has 0 aliphatic carbocycles. The van der Waals surface area contributed by atoms with Gasteiger partial charge in [-0.3, -0.25) is 14.9 Å². The standard InChI is InChI=1S/C25H24N4O7/c1-3-35-22-11-15(5-9-20(22)30)14-26-28-24(16-6-10-21(31)23(12-16)36-4-2)27-19-13-17(29(33)34)7-8-18(19)25(28)32/h5-14,24,27,30-31H,3-4H2,1-2H3/t24-/m1/s1. The molecule has 1 amide bonds. The summed E-state index contributed by atoms with van der Waals surface area (Å²) in [5, 5.41) is 40.1. The van der Waals surface area contributed by atoms with Gasteiger partial charge in [-0.05, 0) is 55.8 Å². The summed E-state index contributed by atoms with van der Waals surface area (Å²) >= 11 is 0. The summed E-state index contributed by atoms with van der Waals surface area (Å²) < 4.78 is 10.9. The Labute approximate surface area is 206 Å². The molecule has 1 aliphatic heterocycles. The van der Waals surface area contributed by atoms with Crippen LogP contribution in [0.5, 0.6) is 23.0 Å². The molecule has 3 aromatic rings. The van der Waals surface area contributed by atoms with E-state index in [0.29, 0.717) is 24.3 Å². The van der Waals surface area contributed by atoms with Crippen molar-refractivity contribution in [1.82, 2.24) is 5.01 Å². The Morgan fingerprint density at radius 2 is 1.69 bits per heavy atom. The molecule has 3 aromatic carbocycles. The van der Waals surface area contributed by atoms with Crippen LogP contribution in [0, 0.1) is 10.1 Å². The van der Waals surface area contributed by atoms with Crippen molar-refractivity contribution >= 4 is 23.5 Å². The Morgan fingerprint density at radius 3 is 2.36 bits per heavy atom. The average Bonchev–Trinajstić information content (AvgIpc) is 2.86. The molecule has 0 bridgehead atoms. The molecule has 1 heterocycles. The molecule has 0 fully saturated rings. The maximum Gasteiger partial charge on any atom is 0.278 e. The highest BCUT2D eigenvalue weighted by Crippen LogP contribution is 2.38. The first-order valence-corrected chi connectivity index (χ1v) is 11.2. The molecule has 0 spiro atoms. The van der Waals surface area contributed by atoms with Crippen LogP contribution < -0.4 is 14.8 Å². The van der Waals surface area contributed by atoms with Crippen molar-refractivity contribution in [3.8, 4) is 23.0 Å². The largest absolute Gasteiger partial charge is 0.504 e. The fraction of sp³-hybridized carbons (Fsp3) is 0.200. The molecule has 186 valence electrons. The van der Waals surface area contributed by atoms with E-state index in [1.54, 1.807) is 38.1 Å². The second kappa shape index (κ2) is 10.2. The third-order valence-corrected chi connectivity index (χ3v) is 5.40. The second-order valence-corrected chi connectivity index (χ2v) is 7.75. The molecule has 0 aromatic heterocycles. The van der Waals surface area contributed by atoms with Crippen LogP contribution in [0.3, 0.4) is 0 Å². The number of ether oxygens (including phenoxy) is 2. The third-order valence-electron chi connectivity index (χ3n) is 5.40. The number of non-ortho nitro benzene ring substituents is 1. The predicted octanol–water partition coefficient (Wildman–Crippen LogP) is 4.40. The number of phenolic OH excluding ortho intramolecular Hbond substituents is 2. The highest BCUT2D eigenvalue weighted by atomic mass is 16.6. The molecule has 0 saturated heterocycles. The number of amides is 1.